The maximum Gasteiger partial charge on any atom is 0.125 e. The van der Waals surface area contributed by atoms with E-state index in [0.29, 0.717) is 6.04 Å². The first-order chi connectivity index (χ1) is 9.34. The van der Waals surface area contributed by atoms with Gasteiger partial charge in [0.1, 0.15) is 5.82 Å². The number of hydrogen-bond donors (Lipinski definition) is 1. The molecule has 1 atom stereocenters. The number of fused-ring (bicyclic) bond motifs is 1. The average molecular weight is 253 g/mol. The summed E-state index contributed by atoms with van der Waals surface area (Å²) in [4.78, 5) is 6.75. The third-order valence-electron chi connectivity index (χ3n) is 3.67. The molecule has 1 aliphatic heterocycles. The molecule has 1 aromatic carbocycles. The molecule has 19 heavy (non-hydrogen) atoms. The van der Waals surface area contributed by atoms with Gasteiger partial charge in [0, 0.05) is 31.0 Å². The molecule has 0 radical (unpaired) electrons. The normalized spacial score (nSPS) is 17.3. The quantitative estimate of drug-likeness (QED) is 0.908. The number of pyridine rings is 1. The number of nitrogens with one attached hydrogen (secondary N) is 1. The molecule has 0 spiro atoms. The summed E-state index contributed by atoms with van der Waals surface area (Å²) in [7, 11) is 0. The second-order valence-electron chi connectivity index (χ2n) is 5.02. The van der Waals surface area contributed by atoms with Gasteiger partial charge < -0.3 is 10.2 Å². The van der Waals surface area contributed by atoms with Crippen molar-refractivity contribution in [2.24, 2.45) is 0 Å². The highest BCUT2D eigenvalue weighted by atomic mass is 15.2. The summed E-state index contributed by atoms with van der Waals surface area (Å²) in [5.74, 6) is 0.947. The number of aromatic nitrogens is 1. The van der Waals surface area contributed by atoms with Crippen LogP contribution in [0.3, 0.4) is 0 Å². The zero-order chi connectivity index (χ0) is 13.1. The smallest absolute Gasteiger partial charge is 0.125 e. The van der Waals surface area contributed by atoms with E-state index >= 15 is 0 Å². The lowest BCUT2D eigenvalue weighted by Gasteiger charge is -2.25. The highest BCUT2D eigenvalue weighted by molar-refractivity contribution is 5.59. The van der Waals surface area contributed by atoms with Crippen molar-refractivity contribution in [3.05, 3.63) is 54.2 Å². The molecule has 1 N–H and O–H groups in total. The Bertz CT molecular complexity index is 539. The monoisotopic (exact) mass is 253 g/mol. The first-order valence-electron chi connectivity index (χ1n) is 6.84. The van der Waals surface area contributed by atoms with Gasteiger partial charge in [0.15, 0.2) is 0 Å². The Kier molecular flexibility index (Phi) is 3.36. The zero-order valence-electron chi connectivity index (χ0n) is 11.2. The van der Waals surface area contributed by atoms with Gasteiger partial charge >= 0.3 is 0 Å². The van der Waals surface area contributed by atoms with Crippen LogP contribution in [0.15, 0.2) is 48.7 Å². The predicted molar refractivity (Wildman–Crippen MR) is 79.7 cm³/mol. The maximum atomic E-state index is 4.28. The van der Waals surface area contributed by atoms with Crippen molar-refractivity contribution in [3.8, 4) is 0 Å². The second kappa shape index (κ2) is 5.31. The van der Waals surface area contributed by atoms with Gasteiger partial charge in [0.25, 0.3) is 0 Å². The third kappa shape index (κ3) is 2.55. The lowest BCUT2D eigenvalue weighted by molar-refractivity contribution is 0.680. The van der Waals surface area contributed by atoms with Crippen molar-refractivity contribution < 1.29 is 0 Å². The standard InChI is InChI=1S/C16H19N3/c1-13-12-14-6-2-3-7-15(14)19(13)11-10-18-16-8-4-5-9-17-16/h2-9,13H,10-12H2,1H3,(H,17,18). The molecule has 2 heterocycles. The van der Waals surface area contributed by atoms with Gasteiger partial charge in [-0.25, -0.2) is 4.98 Å². The van der Waals surface area contributed by atoms with Crippen molar-refractivity contribution >= 4 is 11.5 Å². The van der Waals surface area contributed by atoms with Gasteiger partial charge in [0.2, 0.25) is 0 Å². The molecule has 3 nitrogen and oxygen atoms in total. The Morgan fingerprint density at radius 3 is 2.89 bits per heavy atom. The minimum Gasteiger partial charge on any atom is -0.368 e. The van der Waals surface area contributed by atoms with Crippen LogP contribution in [0.1, 0.15) is 12.5 Å². The SMILES string of the molecule is CC1Cc2ccccc2N1CCNc1ccccn1. The van der Waals surface area contributed by atoms with E-state index < -0.39 is 0 Å². The van der Waals surface area contributed by atoms with E-state index in [-0.39, 0.29) is 0 Å². The molecule has 0 bridgehead atoms. The number of benzene rings is 1. The van der Waals surface area contributed by atoms with Gasteiger partial charge in [-0.3, -0.25) is 0 Å². The molecule has 98 valence electrons. The lowest BCUT2D eigenvalue weighted by Crippen LogP contribution is -2.33. The fraction of sp³-hybridized carbons (Fsp3) is 0.312. The maximum absolute atomic E-state index is 4.28. The predicted octanol–water partition coefficient (Wildman–Crippen LogP) is 2.94. The first-order valence-corrected chi connectivity index (χ1v) is 6.84. The minimum absolute atomic E-state index is 0.586. The van der Waals surface area contributed by atoms with E-state index in [1.165, 1.54) is 11.3 Å². The Labute approximate surface area is 114 Å². The molecule has 0 saturated heterocycles. The first kappa shape index (κ1) is 12.0. The van der Waals surface area contributed by atoms with Gasteiger partial charge in [0.05, 0.1) is 0 Å². The molecule has 1 unspecified atom stereocenters. The van der Waals surface area contributed by atoms with Crippen molar-refractivity contribution in [2.45, 2.75) is 19.4 Å². The molecular weight excluding hydrogens is 234 g/mol. The highest BCUT2D eigenvalue weighted by Gasteiger charge is 2.24. The number of para-hydroxylation sites is 1. The second-order valence-corrected chi connectivity index (χ2v) is 5.02. The van der Waals surface area contributed by atoms with Crippen LogP contribution in [0, 0.1) is 0 Å². The summed E-state index contributed by atoms with van der Waals surface area (Å²) in [6.45, 7) is 4.21. The highest BCUT2D eigenvalue weighted by Crippen LogP contribution is 2.31. The van der Waals surface area contributed by atoms with Crippen LogP contribution in [0.2, 0.25) is 0 Å². The lowest BCUT2D eigenvalue weighted by atomic mass is 10.1. The Morgan fingerprint density at radius 2 is 2.05 bits per heavy atom. The number of anilines is 2. The average Bonchev–Trinajstić information content (AvgIpc) is 2.76. The molecule has 0 aliphatic carbocycles. The van der Waals surface area contributed by atoms with E-state index in [9.17, 15) is 0 Å². The summed E-state index contributed by atoms with van der Waals surface area (Å²) in [5.41, 5.74) is 2.85. The van der Waals surface area contributed by atoms with E-state index in [4.69, 9.17) is 0 Å². The van der Waals surface area contributed by atoms with Crippen LogP contribution in [-0.4, -0.2) is 24.1 Å². The summed E-state index contributed by atoms with van der Waals surface area (Å²) in [5, 5.41) is 3.37. The van der Waals surface area contributed by atoms with Crippen LogP contribution in [0.5, 0.6) is 0 Å². The van der Waals surface area contributed by atoms with E-state index in [0.717, 1.165) is 25.3 Å². The molecule has 0 saturated carbocycles. The molecule has 3 rings (SSSR count). The molecule has 1 aliphatic rings. The fourth-order valence-electron chi connectivity index (χ4n) is 2.74. The van der Waals surface area contributed by atoms with E-state index in [1.54, 1.807) is 0 Å². The summed E-state index contributed by atoms with van der Waals surface area (Å²) < 4.78 is 0. The molecule has 0 amide bonds. The van der Waals surface area contributed by atoms with Crippen LogP contribution < -0.4 is 10.2 Å². The van der Waals surface area contributed by atoms with Crippen LogP contribution >= 0.6 is 0 Å². The fourth-order valence-corrected chi connectivity index (χ4v) is 2.74. The number of rotatable bonds is 4. The van der Waals surface area contributed by atoms with Gasteiger partial charge in [-0.1, -0.05) is 24.3 Å². The van der Waals surface area contributed by atoms with Gasteiger partial charge in [-0.15, -0.1) is 0 Å². The van der Waals surface area contributed by atoms with Gasteiger partial charge in [-0.2, -0.15) is 0 Å². The Morgan fingerprint density at radius 1 is 1.21 bits per heavy atom. The van der Waals surface area contributed by atoms with Crippen LogP contribution in [-0.2, 0) is 6.42 Å². The molecular formula is C16H19N3. The van der Waals surface area contributed by atoms with Crippen molar-refractivity contribution in [2.75, 3.05) is 23.3 Å². The van der Waals surface area contributed by atoms with Crippen LogP contribution in [0.25, 0.3) is 0 Å². The topological polar surface area (TPSA) is 28.2 Å². The molecule has 2 aromatic rings. The van der Waals surface area contributed by atoms with Crippen molar-refractivity contribution in [1.29, 1.82) is 0 Å². The van der Waals surface area contributed by atoms with Crippen molar-refractivity contribution in [1.82, 2.24) is 4.98 Å². The molecule has 3 heteroatoms. The minimum atomic E-state index is 0.586. The summed E-state index contributed by atoms with van der Waals surface area (Å²) in [6.07, 6.45) is 2.97. The van der Waals surface area contributed by atoms with Gasteiger partial charge in [-0.05, 0) is 37.1 Å². The number of nitrogens with zero attached hydrogens (tertiary/aromatic N) is 2. The van der Waals surface area contributed by atoms with Crippen LogP contribution in [0.4, 0.5) is 11.5 Å². The molecule has 0 fully saturated rings. The summed E-state index contributed by atoms with van der Waals surface area (Å²) in [6, 6.07) is 15.2. The summed E-state index contributed by atoms with van der Waals surface area (Å²) >= 11 is 0. The van der Waals surface area contributed by atoms with E-state index in [1.807, 2.05) is 24.4 Å². The third-order valence-corrected chi connectivity index (χ3v) is 3.67. The zero-order valence-corrected chi connectivity index (χ0v) is 11.2. The largest absolute Gasteiger partial charge is 0.368 e. The number of hydrogen-bond acceptors (Lipinski definition) is 3. The Balaban J connectivity index is 1.61. The molecule has 1 aromatic heterocycles. The van der Waals surface area contributed by atoms with E-state index in [2.05, 4.69) is 46.4 Å². The Hall–Kier alpha value is -2.03. The van der Waals surface area contributed by atoms with Crippen molar-refractivity contribution in [3.63, 3.8) is 0 Å².